The molecule has 3 rings (SSSR count). The maximum atomic E-state index is 12.7. The number of carbonyl (C=O) groups is 3. The fourth-order valence-corrected chi connectivity index (χ4v) is 5.35. The summed E-state index contributed by atoms with van der Waals surface area (Å²) in [5.74, 6) is -3.55. The molecule has 1 fully saturated rings. The zero-order valence-electron chi connectivity index (χ0n) is 21.1. The van der Waals surface area contributed by atoms with Gasteiger partial charge in [0.25, 0.3) is 0 Å². The molecule has 2 bridgehead atoms. The van der Waals surface area contributed by atoms with E-state index in [9.17, 15) is 19.5 Å². The Morgan fingerprint density at radius 1 is 1.24 bits per heavy atom. The largest absolute Gasteiger partial charge is 0.455 e. The van der Waals surface area contributed by atoms with Gasteiger partial charge in [-0.1, -0.05) is 25.5 Å². The molecule has 190 valence electrons. The summed E-state index contributed by atoms with van der Waals surface area (Å²) in [7, 11) is 0. The van der Waals surface area contributed by atoms with E-state index in [1.54, 1.807) is 0 Å². The second kappa shape index (κ2) is 10.2. The quantitative estimate of drug-likeness (QED) is 0.368. The number of rotatable bonds is 4. The molecule has 0 aromatic heterocycles. The van der Waals surface area contributed by atoms with Gasteiger partial charge in [0.05, 0.1) is 11.7 Å². The third-order valence-electron chi connectivity index (χ3n) is 7.17. The first-order valence-electron chi connectivity index (χ1n) is 12.3. The molecule has 8 heteroatoms. The zero-order valence-corrected chi connectivity index (χ0v) is 21.1. The lowest BCUT2D eigenvalue weighted by Gasteiger charge is -2.40. The number of hydrogen-bond donors (Lipinski definition) is 1. The van der Waals surface area contributed by atoms with Crippen LogP contribution in [0.25, 0.3) is 0 Å². The molecule has 0 saturated carbocycles. The molecule has 0 aromatic rings. The van der Waals surface area contributed by atoms with Gasteiger partial charge in [0.1, 0.15) is 5.60 Å². The minimum atomic E-state index is -2.02. The van der Waals surface area contributed by atoms with E-state index in [0.717, 1.165) is 24.8 Å². The summed E-state index contributed by atoms with van der Waals surface area (Å²) in [6.45, 7) is 10.5. The number of esters is 3. The highest BCUT2D eigenvalue weighted by Crippen LogP contribution is 2.46. The van der Waals surface area contributed by atoms with Crippen molar-refractivity contribution in [3.8, 4) is 0 Å². The summed E-state index contributed by atoms with van der Waals surface area (Å²) in [6.07, 6.45) is 3.36. The van der Waals surface area contributed by atoms with E-state index in [1.807, 2.05) is 26.8 Å². The second-order valence-electron chi connectivity index (χ2n) is 10.2. The Bertz CT molecular complexity index is 889. The van der Waals surface area contributed by atoms with Gasteiger partial charge >= 0.3 is 17.9 Å². The molecular formula is C26H38O8. The minimum absolute atomic E-state index is 0.0232. The Kier molecular flexibility index (Phi) is 7.92. The lowest BCUT2D eigenvalue weighted by molar-refractivity contribution is -0.206. The first kappa shape index (κ1) is 26.4. The van der Waals surface area contributed by atoms with Gasteiger partial charge in [0.15, 0.2) is 12.2 Å². The van der Waals surface area contributed by atoms with Crippen molar-refractivity contribution in [3.05, 3.63) is 22.8 Å². The molecule has 0 radical (unpaired) electrons. The van der Waals surface area contributed by atoms with Crippen LogP contribution in [0.1, 0.15) is 86.5 Å². The summed E-state index contributed by atoms with van der Waals surface area (Å²) in [6, 6.07) is 0. The van der Waals surface area contributed by atoms with E-state index in [1.165, 1.54) is 13.8 Å². The van der Waals surface area contributed by atoms with Crippen molar-refractivity contribution in [2.75, 3.05) is 0 Å². The molecule has 0 spiro atoms. The van der Waals surface area contributed by atoms with E-state index in [4.69, 9.17) is 18.9 Å². The van der Waals surface area contributed by atoms with Gasteiger partial charge in [-0.15, -0.1) is 0 Å². The molecule has 0 aliphatic carbocycles. The highest BCUT2D eigenvalue weighted by atomic mass is 16.7. The highest BCUT2D eigenvalue weighted by Gasteiger charge is 2.57. The number of fused-ring (bicyclic) bond motifs is 3. The summed E-state index contributed by atoms with van der Waals surface area (Å²) in [5, 5.41) is 11.6. The summed E-state index contributed by atoms with van der Waals surface area (Å²) in [5.41, 5.74) is 0.108. The van der Waals surface area contributed by atoms with Crippen molar-refractivity contribution >= 4 is 17.9 Å². The van der Waals surface area contributed by atoms with Crippen molar-refractivity contribution < 1.29 is 38.4 Å². The van der Waals surface area contributed by atoms with Gasteiger partial charge in [-0.3, -0.25) is 9.59 Å². The molecule has 8 nitrogen and oxygen atoms in total. The van der Waals surface area contributed by atoms with Crippen LogP contribution < -0.4 is 0 Å². The lowest BCUT2D eigenvalue weighted by atomic mass is 9.82. The maximum Gasteiger partial charge on any atom is 0.336 e. The molecule has 0 unspecified atom stereocenters. The number of ether oxygens (including phenoxy) is 4. The van der Waals surface area contributed by atoms with E-state index >= 15 is 0 Å². The van der Waals surface area contributed by atoms with Crippen LogP contribution in [0.2, 0.25) is 0 Å². The Balaban J connectivity index is 2.20. The number of aliphatic hydroxyl groups is 1. The van der Waals surface area contributed by atoms with Gasteiger partial charge in [-0.25, -0.2) is 4.79 Å². The van der Waals surface area contributed by atoms with Crippen LogP contribution in [0, 0.1) is 5.92 Å². The van der Waals surface area contributed by atoms with Crippen molar-refractivity contribution in [1.29, 1.82) is 0 Å². The molecule has 0 aromatic carbocycles. The Morgan fingerprint density at radius 2 is 1.94 bits per heavy atom. The summed E-state index contributed by atoms with van der Waals surface area (Å²) in [4.78, 5) is 37.6. The number of allylic oxidation sites excluding steroid dienone is 1. The van der Waals surface area contributed by atoms with Crippen molar-refractivity contribution in [2.24, 2.45) is 5.92 Å². The number of carbonyl (C=O) groups excluding carboxylic acids is 3. The van der Waals surface area contributed by atoms with E-state index in [-0.39, 0.29) is 36.0 Å². The van der Waals surface area contributed by atoms with Crippen LogP contribution in [-0.4, -0.2) is 52.7 Å². The van der Waals surface area contributed by atoms with Crippen molar-refractivity contribution in [2.45, 2.75) is 116 Å². The standard InChI is InChI=1S/C26H38O8/c1-7-9-20(28)32-22-21-17(4)24(29)34-26(21,30)14-15(2)10-8-11-16(3)19-12-13-25(6,33-19)23(22)31-18(5)27/h10,16,19,22-23,30H,7-9,11-14H2,1-6H3/b15-10-/t16-,19+,22-,23+,25-,26+/m0/s1. The third-order valence-corrected chi connectivity index (χ3v) is 7.17. The zero-order chi connectivity index (χ0) is 25.3. The van der Waals surface area contributed by atoms with Crippen LogP contribution in [0.4, 0.5) is 0 Å². The van der Waals surface area contributed by atoms with Gasteiger partial charge in [-0.05, 0) is 58.8 Å². The monoisotopic (exact) mass is 478 g/mol. The molecule has 3 aliphatic rings. The van der Waals surface area contributed by atoms with Crippen LogP contribution in [0.5, 0.6) is 0 Å². The molecule has 3 heterocycles. The third kappa shape index (κ3) is 5.38. The minimum Gasteiger partial charge on any atom is -0.455 e. The molecule has 1 saturated heterocycles. The Morgan fingerprint density at radius 3 is 2.59 bits per heavy atom. The molecule has 1 N–H and O–H groups in total. The van der Waals surface area contributed by atoms with Gasteiger partial charge in [-0.2, -0.15) is 0 Å². The van der Waals surface area contributed by atoms with Crippen LogP contribution in [0.15, 0.2) is 22.8 Å². The highest BCUT2D eigenvalue weighted by molar-refractivity contribution is 5.92. The predicted octanol–water partition coefficient (Wildman–Crippen LogP) is 3.90. The van der Waals surface area contributed by atoms with Crippen molar-refractivity contribution in [1.82, 2.24) is 0 Å². The van der Waals surface area contributed by atoms with Crippen LogP contribution in [-0.2, 0) is 33.3 Å². The average Bonchev–Trinajstić information content (AvgIpc) is 3.22. The van der Waals surface area contributed by atoms with Gasteiger partial charge < -0.3 is 24.1 Å². The molecule has 3 aliphatic heterocycles. The van der Waals surface area contributed by atoms with E-state index < -0.39 is 41.5 Å². The van der Waals surface area contributed by atoms with Crippen LogP contribution in [0.3, 0.4) is 0 Å². The second-order valence-corrected chi connectivity index (χ2v) is 10.2. The first-order valence-corrected chi connectivity index (χ1v) is 12.3. The number of hydrogen-bond acceptors (Lipinski definition) is 8. The molecular weight excluding hydrogens is 440 g/mol. The summed E-state index contributed by atoms with van der Waals surface area (Å²) < 4.78 is 23.6. The summed E-state index contributed by atoms with van der Waals surface area (Å²) >= 11 is 0. The SMILES string of the molecule is CCCC(=O)O[C@H]1C2=C(C)C(=O)O[C@]2(O)C/C(C)=C\CC[C@H](C)[C@H]2CC[C@](C)(O2)[C@@H]1OC(C)=O. The average molecular weight is 479 g/mol. The Labute approximate surface area is 201 Å². The van der Waals surface area contributed by atoms with E-state index in [0.29, 0.717) is 12.8 Å². The maximum absolute atomic E-state index is 12.7. The molecule has 34 heavy (non-hydrogen) atoms. The topological polar surface area (TPSA) is 108 Å². The predicted molar refractivity (Wildman–Crippen MR) is 123 cm³/mol. The smallest absolute Gasteiger partial charge is 0.336 e. The molecule has 6 atom stereocenters. The van der Waals surface area contributed by atoms with Gasteiger partial charge in [0, 0.05) is 25.3 Å². The fourth-order valence-electron chi connectivity index (χ4n) is 5.35. The lowest BCUT2D eigenvalue weighted by Crippen LogP contribution is -2.54. The van der Waals surface area contributed by atoms with Gasteiger partial charge in [0.2, 0.25) is 5.79 Å². The fraction of sp³-hybridized carbons (Fsp3) is 0.731. The van der Waals surface area contributed by atoms with E-state index in [2.05, 4.69) is 6.92 Å². The van der Waals surface area contributed by atoms with Crippen LogP contribution >= 0.6 is 0 Å². The normalized spacial score (nSPS) is 38.0. The molecule has 0 amide bonds. The Hall–Kier alpha value is -2.19. The van der Waals surface area contributed by atoms with Crippen molar-refractivity contribution in [3.63, 3.8) is 0 Å². The first-order chi connectivity index (χ1) is 15.9.